The van der Waals surface area contributed by atoms with E-state index < -0.39 is 0 Å². The van der Waals surface area contributed by atoms with E-state index in [0.717, 1.165) is 31.7 Å². The number of methoxy groups -OCH3 is 1. The number of ether oxygens (including phenoxy) is 1. The van der Waals surface area contributed by atoms with E-state index >= 15 is 0 Å². The van der Waals surface area contributed by atoms with E-state index in [2.05, 4.69) is 19.1 Å². The second kappa shape index (κ2) is 7.48. The fraction of sp³-hybridized carbons (Fsp3) is 0.611. The standard InChI is InChI=1S/C18H27NO2/c1-4-5-6-7-10-19-13-16-12-17(21-3)9-8-15(16)11-14(2)18(19)20/h8-9,12,14H,4-7,10-11,13H2,1-3H3. The summed E-state index contributed by atoms with van der Waals surface area (Å²) in [7, 11) is 1.69. The van der Waals surface area contributed by atoms with Gasteiger partial charge in [0.2, 0.25) is 5.91 Å². The number of amides is 1. The van der Waals surface area contributed by atoms with Crippen molar-refractivity contribution in [1.29, 1.82) is 0 Å². The van der Waals surface area contributed by atoms with Gasteiger partial charge in [-0.1, -0.05) is 39.2 Å². The number of carbonyl (C=O) groups is 1. The Balaban J connectivity index is 2.12. The number of carbonyl (C=O) groups excluding carboxylic acids is 1. The van der Waals surface area contributed by atoms with Gasteiger partial charge in [0.25, 0.3) is 0 Å². The van der Waals surface area contributed by atoms with Crippen LogP contribution in [0, 0.1) is 5.92 Å². The Morgan fingerprint density at radius 1 is 1.24 bits per heavy atom. The van der Waals surface area contributed by atoms with Gasteiger partial charge in [-0.25, -0.2) is 0 Å². The van der Waals surface area contributed by atoms with Crippen LogP contribution in [-0.2, 0) is 17.8 Å². The molecule has 0 radical (unpaired) electrons. The Bertz CT molecular complexity index is 484. The highest BCUT2D eigenvalue weighted by molar-refractivity contribution is 5.79. The SMILES string of the molecule is CCCCCCN1Cc2cc(OC)ccc2CC(C)C1=O. The van der Waals surface area contributed by atoms with Crippen LogP contribution >= 0.6 is 0 Å². The van der Waals surface area contributed by atoms with Gasteiger partial charge < -0.3 is 9.64 Å². The van der Waals surface area contributed by atoms with Crippen molar-refractivity contribution in [3.05, 3.63) is 29.3 Å². The van der Waals surface area contributed by atoms with Crippen LogP contribution in [0.5, 0.6) is 5.75 Å². The van der Waals surface area contributed by atoms with Crippen molar-refractivity contribution in [3.63, 3.8) is 0 Å². The Labute approximate surface area is 128 Å². The maximum Gasteiger partial charge on any atom is 0.226 e. The van der Waals surface area contributed by atoms with Crippen molar-refractivity contribution in [2.45, 2.75) is 52.5 Å². The highest BCUT2D eigenvalue weighted by atomic mass is 16.5. The number of nitrogens with zero attached hydrogens (tertiary/aromatic N) is 1. The molecule has 0 saturated heterocycles. The number of hydrogen-bond donors (Lipinski definition) is 0. The molecular weight excluding hydrogens is 262 g/mol. The van der Waals surface area contributed by atoms with Gasteiger partial charge in [0, 0.05) is 19.0 Å². The maximum atomic E-state index is 12.5. The van der Waals surface area contributed by atoms with E-state index in [-0.39, 0.29) is 5.92 Å². The van der Waals surface area contributed by atoms with Gasteiger partial charge in [-0.2, -0.15) is 0 Å². The lowest BCUT2D eigenvalue weighted by molar-refractivity contribution is -0.135. The lowest BCUT2D eigenvalue weighted by Gasteiger charge is -2.23. The first-order valence-electron chi connectivity index (χ1n) is 8.10. The van der Waals surface area contributed by atoms with Crippen LogP contribution in [0.2, 0.25) is 0 Å². The zero-order valence-corrected chi connectivity index (χ0v) is 13.5. The Morgan fingerprint density at radius 2 is 2.05 bits per heavy atom. The molecule has 1 heterocycles. The molecule has 2 rings (SSSR count). The van der Waals surface area contributed by atoms with Gasteiger partial charge in [-0.3, -0.25) is 4.79 Å². The van der Waals surface area contributed by atoms with Crippen molar-refractivity contribution >= 4 is 5.91 Å². The van der Waals surface area contributed by atoms with Crippen molar-refractivity contribution in [3.8, 4) is 5.75 Å². The summed E-state index contributed by atoms with van der Waals surface area (Å²) in [6, 6.07) is 6.19. The molecule has 1 amide bonds. The first kappa shape index (κ1) is 15.9. The molecule has 1 aromatic carbocycles. The summed E-state index contributed by atoms with van der Waals surface area (Å²) in [4.78, 5) is 14.6. The van der Waals surface area contributed by atoms with Crippen LogP contribution in [0.3, 0.4) is 0 Å². The largest absolute Gasteiger partial charge is 0.497 e. The molecule has 3 nitrogen and oxygen atoms in total. The summed E-state index contributed by atoms with van der Waals surface area (Å²) in [6.45, 7) is 5.85. The van der Waals surface area contributed by atoms with E-state index in [1.807, 2.05) is 17.9 Å². The van der Waals surface area contributed by atoms with Crippen LogP contribution in [0.15, 0.2) is 18.2 Å². The first-order chi connectivity index (χ1) is 10.2. The number of fused-ring (bicyclic) bond motifs is 1. The van der Waals surface area contributed by atoms with Crippen molar-refractivity contribution in [2.24, 2.45) is 5.92 Å². The minimum Gasteiger partial charge on any atom is -0.497 e. The third kappa shape index (κ3) is 3.99. The number of unbranched alkanes of at least 4 members (excludes halogenated alkanes) is 3. The third-order valence-corrected chi connectivity index (χ3v) is 4.32. The summed E-state index contributed by atoms with van der Waals surface area (Å²) in [5, 5.41) is 0. The molecule has 0 N–H and O–H groups in total. The lowest BCUT2D eigenvalue weighted by atomic mass is 9.98. The molecule has 0 saturated carbocycles. The topological polar surface area (TPSA) is 29.5 Å². The molecule has 1 unspecified atom stereocenters. The predicted molar refractivity (Wildman–Crippen MR) is 85.4 cm³/mol. The van der Waals surface area contributed by atoms with Gasteiger partial charge >= 0.3 is 0 Å². The van der Waals surface area contributed by atoms with E-state index in [0.29, 0.717) is 5.91 Å². The highest BCUT2D eigenvalue weighted by Crippen LogP contribution is 2.26. The summed E-state index contributed by atoms with van der Waals surface area (Å²) in [6.07, 6.45) is 5.63. The average molecular weight is 289 g/mol. The molecular formula is C18H27NO2. The first-order valence-corrected chi connectivity index (χ1v) is 8.10. The molecule has 0 aromatic heterocycles. The van der Waals surface area contributed by atoms with Crippen LogP contribution < -0.4 is 4.74 Å². The zero-order valence-electron chi connectivity index (χ0n) is 13.5. The molecule has 21 heavy (non-hydrogen) atoms. The quantitative estimate of drug-likeness (QED) is 0.746. The molecule has 0 spiro atoms. The van der Waals surface area contributed by atoms with E-state index in [4.69, 9.17) is 4.74 Å². The van der Waals surface area contributed by atoms with Gasteiger partial charge in [0.15, 0.2) is 0 Å². The third-order valence-electron chi connectivity index (χ3n) is 4.32. The predicted octanol–water partition coefficient (Wildman–Crippen LogP) is 3.80. The van der Waals surface area contributed by atoms with Crippen molar-refractivity contribution in [2.75, 3.05) is 13.7 Å². The monoisotopic (exact) mass is 289 g/mol. The lowest BCUT2D eigenvalue weighted by Crippen LogP contribution is -2.34. The molecule has 1 aliphatic heterocycles. The molecule has 116 valence electrons. The second-order valence-corrected chi connectivity index (χ2v) is 6.06. The minimum atomic E-state index is 0.0748. The number of hydrogen-bond acceptors (Lipinski definition) is 2. The average Bonchev–Trinajstić information content (AvgIpc) is 2.61. The van der Waals surface area contributed by atoms with Crippen molar-refractivity contribution < 1.29 is 9.53 Å². The Kier molecular flexibility index (Phi) is 5.66. The van der Waals surface area contributed by atoms with Crippen LogP contribution in [0.25, 0.3) is 0 Å². The number of rotatable bonds is 6. The van der Waals surface area contributed by atoms with Crippen molar-refractivity contribution in [1.82, 2.24) is 4.90 Å². The fourth-order valence-electron chi connectivity index (χ4n) is 3.01. The molecule has 1 aromatic rings. The van der Waals surface area contributed by atoms with Gasteiger partial charge in [-0.05, 0) is 36.1 Å². The van der Waals surface area contributed by atoms with E-state index in [1.54, 1.807) is 7.11 Å². The Morgan fingerprint density at radius 3 is 2.76 bits per heavy atom. The summed E-state index contributed by atoms with van der Waals surface area (Å²) >= 11 is 0. The molecule has 1 aliphatic rings. The van der Waals surface area contributed by atoms with Crippen LogP contribution in [0.4, 0.5) is 0 Å². The van der Waals surface area contributed by atoms with E-state index in [1.165, 1.54) is 30.4 Å². The molecule has 1 atom stereocenters. The van der Waals surface area contributed by atoms with Crippen LogP contribution in [0.1, 0.15) is 50.7 Å². The summed E-state index contributed by atoms with van der Waals surface area (Å²) in [5.74, 6) is 1.24. The smallest absolute Gasteiger partial charge is 0.226 e. The van der Waals surface area contributed by atoms with Gasteiger partial charge in [0.05, 0.1) is 7.11 Å². The molecule has 0 fully saturated rings. The van der Waals surface area contributed by atoms with Crippen LogP contribution in [-0.4, -0.2) is 24.5 Å². The molecule has 3 heteroatoms. The zero-order chi connectivity index (χ0) is 15.2. The highest BCUT2D eigenvalue weighted by Gasteiger charge is 2.26. The summed E-state index contributed by atoms with van der Waals surface area (Å²) < 4.78 is 5.32. The fourth-order valence-corrected chi connectivity index (χ4v) is 3.01. The van der Waals surface area contributed by atoms with E-state index in [9.17, 15) is 4.79 Å². The Hall–Kier alpha value is -1.51. The number of benzene rings is 1. The normalized spacial score (nSPS) is 18.3. The van der Waals surface area contributed by atoms with Gasteiger partial charge in [0.1, 0.15) is 5.75 Å². The summed E-state index contributed by atoms with van der Waals surface area (Å²) in [5.41, 5.74) is 2.52. The minimum absolute atomic E-state index is 0.0748. The molecule has 0 bridgehead atoms. The second-order valence-electron chi connectivity index (χ2n) is 6.06. The maximum absolute atomic E-state index is 12.5. The van der Waals surface area contributed by atoms with Gasteiger partial charge in [-0.15, -0.1) is 0 Å². The molecule has 0 aliphatic carbocycles.